The van der Waals surface area contributed by atoms with Crippen molar-refractivity contribution in [2.24, 2.45) is 5.73 Å². The van der Waals surface area contributed by atoms with Crippen molar-refractivity contribution in [1.82, 2.24) is 9.88 Å². The molecular weight excluding hydrogens is 198 g/mol. The molecule has 0 saturated carbocycles. The summed E-state index contributed by atoms with van der Waals surface area (Å²) < 4.78 is 0. The average Bonchev–Trinajstić information content (AvgIpc) is 2.49. The van der Waals surface area contributed by atoms with Crippen molar-refractivity contribution in [3.05, 3.63) is 16.1 Å². The molecule has 1 heterocycles. The normalized spacial score (nSPS) is 10.8. The largest absolute Gasteiger partial charge is 0.370 e. The monoisotopic (exact) mass is 213 g/mol. The summed E-state index contributed by atoms with van der Waals surface area (Å²) >= 11 is 1.64. The molecule has 0 bridgehead atoms. The van der Waals surface area contributed by atoms with Crippen LogP contribution in [-0.2, 0) is 11.3 Å². The molecule has 4 nitrogen and oxygen atoms in total. The molecule has 5 heteroatoms. The van der Waals surface area contributed by atoms with Crippen molar-refractivity contribution in [2.45, 2.75) is 19.9 Å². The molecule has 0 atom stereocenters. The smallest absolute Gasteiger partial charge is 0.218 e. The highest BCUT2D eigenvalue weighted by molar-refractivity contribution is 7.09. The summed E-state index contributed by atoms with van der Waals surface area (Å²) in [6, 6.07) is 0. The van der Waals surface area contributed by atoms with Gasteiger partial charge in [0.15, 0.2) is 0 Å². The number of rotatable bonds is 5. The number of carbonyl (C=O) groups is 1. The number of carbonyl (C=O) groups excluding carboxylic acids is 1. The second kappa shape index (κ2) is 5.07. The Morgan fingerprint density at radius 3 is 2.93 bits per heavy atom. The number of hydrogen-bond donors (Lipinski definition) is 1. The van der Waals surface area contributed by atoms with E-state index in [1.54, 1.807) is 11.3 Å². The van der Waals surface area contributed by atoms with E-state index in [0.29, 0.717) is 13.0 Å². The first kappa shape index (κ1) is 11.1. The Kier molecular flexibility index (Phi) is 4.03. The van der Waals surface area contributed by atoms with Crippen LogP contribution in [0.1, 0.15) is 17.0 Å². The van der Waals surface area contributed by atoms with E-state index < -0.39 is 0 Å². The lowest BCUT2D eigenvalue weighted by molar-refractivity contribution is -0.118. The second-order valence-corrected chi connectivity index (χ2v) is 4.25. The van der Waals surface area contributed by atoms with Gasteiger partial charge in [-0.2, -0.15) is 0 Å². The van der Waals surface area contributed by atoms with Crippen LogP contribution in [0.15, 0.2) is 5.51 Å². The Morgan fingerprint density at radius 1 is 1.71 bits per heavy atom. The van der Waals surface area contributed by atoms with Gasteiger partial charge in [-0.05, 0) is 14.0 Å². The lowest BCUT2D eigenvalue weighted by Gasteiger charge is -2.14. The molecule has 0 saturated heterocycles. The van der Waals surface area contributed by atoms with E-state index in [0.717, 1.165) is 12.2 Å². The summed E-state index contributed by atoms with van der Waals surface area (Å²) in [5.41, 5.74) is 7.98. The molecule has 2 N–H and O–H groups in total. The summed E-state index contributed by atoms with van der Waals surface area (Å²) in [6.45, 7) is 3.53. The molecule has 1 aromatic rings. The van der Waals surface area contributed by atoms with Crippen molar-refractivity contribution in [3.63, 3.8) is 0 Å². The molecule has 0 aromatic carbocycles. The quantitative estimate of drug-likeness (QED) is 0.785. The molecule has 0 spiro atoms. The molecule has 0 aliphatic heterocycles. The Hall–Kier alpha value is -0.940. The third-order valence-electron chi connectivity index (χ3n) is 2.00. The van der Waals surface area contributed by atoms with Gasteiger partial charge in [0.05, 0.1) is 11.2 Å². The molecule has 0 aliphatic carbocycles. The van der Waals surface area contributed by atoms with Gasteiger partial charge in [-0.25, -0.2) is 4.98 Å². The summed E-state index contributed by atoms with van der Waals surface area (Å²) in [7, 11) is 1.97. The van der Waals surface area contributed by atoms with E-state index in [2.05, 4.69) is 9.88 Å². The van der Waals surface area contributed by atoms with Gasteiger partial charge in [0.2, 0.25) is 5.91 Å². The van der Waals surface area contributed by atoms with Crippen LogP contribution in [0.4, 0.5) is 0 Å². The van der Waals surface area contributed by atoms with Crippen LogP contribution < -0.4 is 5.73 Å². The fraction of sp³-hybridized carbons (Fsp3) is 0.556. The highest BCUT2D eigenvalue weighted by Gasteiger charge is 2.06. The topological polar surface area (TPSA) is 59.2 Å². The van der Waals surface area contributed by atoms with Gasteiger partial charge in [0.25, 0.3) is 0 Å². The zero-order valence-electron chi connectivity index (χ0n) is 8.49. The van der Waals surface area contributed by atoms with Crippen molar-refractivity contribution in [1.29, 1.82) is 0 Å². The SMILES string of the molecule is Cc1ncsc1CN(C)CCC(N)=O. The van der Waals surface area contributed by atoms with Gasteiger partial charge in [-0.1, -0.05) is 0 Å². The van der Waals surface area contributed by atoms with E-state index in [4.69, 9.17) is 5.73 Å². The molecule has 0 radical (unpaired) electrons. The highest BCUT2D eigenvalue weighted by Crippen LogP contribution is 2.13. The molecule has 14 heavy (non-hydrogen) atoms. The van der Waals surface area contributed by atoms with Crippen LogP contribution in [0.3, 0.4) is 0 Å². The minimum absolute atomic E-state index is 0.252. The van der Waals surface area contributed by atoms with Crippen LogP contribution in [0.2, 0.25) is 0 Å². The van der Waals surface area contributed by atoms with Crippen LogP contribution in [0.25, 0.3) is 0 Å². The fourth-order valence-electron chi connectivity index (χ4n) is 1.10. The first-order valence-corrected chi connectivity index (χ1v) is 5.33. The highest BCUT2D eigenvalue weighted by atomic mass is 32.1. The number of primary amides is 1. The van der Waals surface area contributed by atoms with Gasteiger partial charge < -0.3 is 10.6 Å². The van der Waals surface area contributed by atoms with E-state index in [-0.39, 0.29) is 5.91 Å². The fourth-order valence-corrected chi connectivity index (χ4v) is 1.96. The molecule has 0 aliphatic rings. The third kappa shape index (κ3) is 3.43. The predicted octanol–water partition coefficient (Wildman–Crippen LogP) is 0.759. The summed E-state index contributed by atoms with van der Waals surface area (Å²) in [5, 5.41) is 0. The van der Waals surface area contributed by atoms with Crippen molar-refractivity contribution in [3.8, 4) is 0 Å². The molecule has 78 valence electrons. The summed E-state index contributed by atoms with van der Waals surface area (Å²) in [6.07, 6.45) is 0.411. The maximum atomic E-state index is 10.6. The van der Waals surface area contributed by atoms with Crippen LogP contribution in [0.5, 0.6) is 0 Å². The average molecular weight is 213 g/mol. The molecule has 1 rings (SSSR count). The minimum Gasteiger partial charge on any atom is -0.370 e. The Balaban J connectivity index is 2.37. The third-order valence-corrected chi connectivity index (χ3v) is 2.92. The van der Waals surface area contributed by atoms with Crippen molar-refractivity contribution in [2.75, 3.05) is 13.6 Å². The second-order valence-electron chi connectivity index (χ2n) is 3.32. The van der Waals surface area contributed by atoms with Crippen molar-refractivity contribution >= 4 is 17.2 Å². The van der Waals surface area contributed by atoms with E-state index in [1.165, 1.54) is 4.88 Å². The first-order chi connectivity index (χ1) is 6.59. The molecule has 1 aromatic heterocycles. The Bertz CT molecular complexity index is 311. The molecule has 0 fully saturated rings. The summed E-state index contributed by atoms with van der Waals surface area (Å²) in [5.74, 6) is -0.252. The predicted molar refractivity (Wildman–Crippen MR) is 57.0 cm³/mol. The number of aromatic nitrogens is 1. The van der Waals surface area contributed by atoms with Gasteiger partial charge in [-0.3, -0.25) is 4.79 Å². The minimum atomic E-state index is -0.252. The Morgan fingerprint density at radius 2 is 2.43 bits per heavy atom. The van der Waals surface area contributed by atoms with Gasteiger partial charge in [0.1, 0.15) is 0 Å². The van der Waals surface area contributed by atoms with Crippen LogP contribution >= 0.6 is 11.3 Å². The zero-order chi connectivity index (χ0) is 10.6. The van der Waals surface area contributed by atoms with Gasteiger partial charge in [-0.15, -0.1) is 11.3 Å². The Labute approximate surface area is 87.7 Å². The standard InChI is InChI=1S/C9H15N3OS/c1-7-8(14-6-11-7)5-12(2)4-3-9(10)13/h6H,3-5H2,1-2H3,(H2,10,13). The number of nitrogens with two attached hydrogens (primary N) is 1. The van der Waals surface area contributed by atoms with E-state index >= 15 is 0 Å². The first-order valence-electron chi connectivity index (χ1n) is 4.45. The number of amides is 1. The van der Waals surface area contributed by atoms with Crippen molar-refractivity contribution < 1.29 is 4.79 Å². The van der Waals surface area contributed by atoms with Crippen LogP contribution in [-0.4, -0.2) is 29.4 Å². The van der Waals surface area contributed by atoms with E-state index in [9.17, 15) is 4.79 Å². The van der Waals surface area contributed by atoms with E-state index in [1.807, 2.05) is 19.5 Å². The number of aryl methyl sites for hydroxylation is 1. The van der Waals surface area contributed by atoms with Crippen LogP contribution in [0, 0.1) is 6.92 Å². The molecule has 0 unspecified atom stereocenters. The number of nitrogens with zero attached hydrogens (tertiary/aromatic N) is 2. The lowest BCUT2D eigenvalue weighted by atomic mass is 10.3. The van der Waals surface area contributed by atoms with Gasteiger partial charge in [0, 0.05) is 24.4 Å². The number of thiazole rings is 1. The zero-order valence-corrected chi connectivity index (χ0v) is 9.30. The lowest BCUT2D eigenvalue weighted by Crippen LogP contribution is -2.24. The maximum absolute atomic E-state index is 10.6. The van der Waals surface area contributed by atoms with Gasteiger partial charge >= 0.3 is 0 Å². The molecule has 1 amide bonds. The maximum Gasteiger partial charge on any atom is 0.218 e. The number of hydrogen-bond acceptors (Lipinski definition) is 4. The summed E-state index contributed by atoms with van der Waals surface area (Å²) in [4.78, 5) is 18.0. The molecular formula is C9H15N3OS.